The Morgan fingerprint density at radius 2 is 2.46 bits per heavy atom. The lowest BCUT2D eigenvalue weighted by molar-refractivity contribution is 0.0656. The summed E-state index contributed by atoms with van der Waals surface area (Å²) in [4.78, 5) is 3.98. The van der Waals surface area contributed by atoms with Crippen molar-refractivity contribution in [2.45, 2.75) is 20.0 Å². The summed E-state index contributed by atoms with van der Waals surface area (Å²) in [7, 11) is 0. The van der Waals surface area contributed by atoms with Gasteiger partial charge in [-0.25, -0.2) is 4.98 Å². The van der Waals surface area contributed by atoms with Crippen LogP contribution in [0.4, 0.5) is 5.00 Å². The molecule has 2 N–H and O–H groups in total. The first-order chi connectivity index (χ1) is 6.22. The van der Waals surface area contributed by atoms with Crippen LogP contribution < -0.4 is 10.5 Å². The summed E-state index contributed by atoms with van der Waals surface area (Å²) in [5.41, 5.74) is 5.50. The Labute approximate surface area is 81.7 Å². The standard InChI is InChI=1S/C8H14N2O2S/c1-3-11-5-6(2)12-8-10-4-7(9)13-8/h4,6H,3,5,9H2,1-2H3. The molecule has 0 aliphatic carbocycles. The first-order valence-corrected chi connectivity index (χ1v) is 4.99. The molecule has 0 saturated heterocycles. The second-order valence-corrected chi connectivity index (χ2v) is 3.64. The summed E-state index contributed by atoms with van der Waals surface area (Å²) in [5, 5.41) is 1.27. The molecule has 0 fully saturated rings. The van der Waals surface area contributed by atoms with Gasteiger partial charge in [-0.15, -0.1) is 0 Å². The smallest absolute Gasteiger partial charge is 0.275 e. The fourth-order valence-electron chi connectivity index (χ4n) is 0.814. The third-order valence-electron chi connectivity index (χ3n) is 1.36. The molecule has 0 amide bonds. The van der Waals surface area contributed by atoms with Gasteiger partial charge in [-0.2, -0.15) is 0 Å². The second kappa shape index (κ2) is 5.04. The fraction of sp³-hybridized carbons (Fsp3) is 0.625. The third-order valence-corrected chi connectivity index (χ3v) is 2.08. The Morgan fingerprint density at radius 3 is 3.00 bits per heavy atom. The minimum Gasteiger partial charge on any atom is -0.465 e. The number of nitrogens with zero attached hydrogens (tertiary/aromatic N) is 1. The molecule has 13 heavy (non-hydrogen) atoms. The number of anilines is 1. The molecule has 0 saturated carbocycles. The van der Waals surface area contributed by atoms with E-state index in [1.54, 1.807) is 6.20 Å². The van der Waals surface area contributed by atoms with E-state index in [9.17, 15) is 0 Å². The van der Waals surface area contributed by atoms with Crippen molar-refractivity contribution in [3.05, 3.63) is 6.20 Å². The Hall–Kier alpha value is -0.810. The van der Waals surface area contributed by atoms with Crippen molar-refractivity contribution in [2.75, 3.05) is 18.9 Å². The summed E-state index contributed by atoms with van der Waals surface area (Å²) in [5.74, 6) is 0. The number of hydrogen-bond donors (Lipinski definition) is 1. The molecule has 0 aromatic carbocycles. The fourth-order valence-corrected chi connectivity index (χ4v) is 1.44. The van der Waals surface area contributed by atoms with E-state index in [1.165, 1.54) is 11.3 Å². The van der Waals surface area contributed by atoms with Crippen LogP contribution in [-0.2, 0) is 4.74 Å². The average Bonchev–Trinajstić information content (AvgIpc) is 2.48. The highest BCUT2D eigenvalue weighted by atomic mass is 32.1. The highest BCUT2D eigenvalue weighted by Crippen LogP contribution is 2.22. The molecule has 74 valence electrons. The number of thiazole rings is 1. The molecule has 1 aromatic rings. The lowest BCUT2D eigenvalue weighted by atomic mass is 10.4. The molecule has 0 spiro atoms. The summed E-state index contributed by atoms with van der Waals surface area (Å²) >= 11 is 1.34. The van der Waals surface area contributed by atoms with Crippen LogP contribution in [0.25, 0.3) is 0 Å². The van der Waals surface area contributed by atoms with Gasteiger partial charge in [0.25, 0.3) is 5.19 Å². The van der Waals surface area contributed by atoms with Crippen molar-refractivity contribution in [2.24, 2.45) is 0 Å². The quantitative estimate of drug-likeness (QED) is 0.786. The first-order valence-electron chi connectivity index (χ1n) is 4.18. The maximum Gasteiger partial charge on any atom is 0.275 e. The number of ether oxygens (including phenoxy) is 2. The van der Waals surface area contributed by atoms with Crippen molar-refractivity contribution in [1.29, 1.82) is 0 Å². The average molecular weight is 202 g/mol. The van der Waals surface area contributed by atoms with Gasteiger partial charge in [-0.1, -0.05) is 11.3 Å². The van der Waals surface area contributed by atoms with Crippen molar-refractivity contribution in [3.8, 4) is 5.19 Å². The molecular formula is C8H14N2O2S. The maximum absolute atomic E-state index is 5.50. The predicted molar refractivity (Wildman–Crippen MR) is 53.1 cm³/mol. The Bertz CT molecular complexity index is 252. The van der Waals surface area contributed by atoms with Gasteiger partial charge >= 0.3 is 0 Å². The van der Waals surface area contributed by atoms with Gasteiger partial charge < -0.3 is 15.2 Å². The van der Waals surface area contributed by atoms with Crippen LogP contribution in [0.5, 0.6) is 5.19 Å². The molecule has 0 radical (unpaired) electrons. The number of rotatable bonds is 5. The van der Waals surface area contributed by atoms with E-state index in [0.29, 0.717) is 23.4 Å². The Morgan fingerprint density at radius 1 is 1.69 bits per heavy atom. The normalized spacial score (nSPS) is 12.8. The minimum atomic E-state index is 0.0190. The van der Waals surface area contributed by atoms with Gasteiger partial charge in [0, 0.05) is 6.61 Å². The number of aromatic nitrogens is 1. The second-order valence-electron chi connectivity index (χ2n) is 2.62. The molecule has 1 aromatic heterocycles. The van der Waals surface area contributed by atoms with Crippen LogP contribution in [-0.4, -0.2) is 24.3 Å². The molecular weight excluding hydrogens is 188 g/mol. The van der Waals surface area contributed by atoms with E-state index in [2.05, 4.69) is 4.98 Å². The van der Waals surface area contributed by atoms with E-state index in [0.717, 1.165) is 0 Å². The zero-order chi connectivity index (χ0) is 9.68. The van der Waals surface area contributed by atoms with E-state index in [1.807, 2.05) is 13.8 Å². The lowest BCUT2D eigenvalue weighted by Gasteiger charge is -2.11. The third kappa shape index (κ3) is 3.61. The molecule has 1 rings (SSSR count). The molecule has 1 unspecified atom stereocenters. The molecule has 4 nitrogen and oxygen atoms in total. The monoisotopic (exact) mass is 202 g/mol. The first kappa shape index (κ1) is 10.3. The Kier molecular flexibility index (Phi) is 3.98. The predicted octanol–water partition coefficient (Wildman–Crippen LogP) is 1.53. The summed E-state index contributed by atoms with van der Waals surface area (Å²) < 4.78 is 10.6. The van der Waals surface area contributed by atoms with Crippen LogP contribution in [0.15, 0.2) is 6.20 Å². The van der Waals surface area contributed by atoms with Gasteiger partial charge in [0.15, 0.2) is 0 Å². The van der Waals surface area contributed by atoms with Gasteiger partial charge in [-0.3, -0.25) is 0 Å². The molecule has 0 bridgehead atoms. The number of nitrogens with two attached hydrogens (primary N) is 1. The number of hydrogen-bond acceptors (Lipinski definition) is 5. The van der Waals surface area contributed by atoms with Crippen LogP contribution in [0, 0.1) is 0 Å². The van der Waals surface area contributed by atoms with Crippen molar-refractivity contribution < 1.29 is 9.47 Å². The summed E-state index contributed by atoms with van der Waals surface area (Å²) in [6.07, 6.45) is 1.61. The van der Waals surface area contributed by atoms with Gasteiger partial charge in [0.2, 0.25) is 0 Å². The molecule has 0 aliphatic rings. The molecule has 0 aliphatic heterocycles. The summed E-state index contributed by atoms with van der Waals surface area (Å²) in [6, 6.07) is 0. The van der Waals surface area contributed by atoms with Crippen molar-refractivity contribution >= 4 is 16.3 Å². The van der Waals surface area contributed by atoms with Crippen molar-refractivity contribution in [1.82, 2.24) is 4.98 Å². The van der Waals surface area contributed by atoms with Gasteiger partial charge in [0.1, 0.15) is 11.1 Å². The zero-order valence-electron chi connectivity index (χ0n) is 7.82. The molecule has 5 heteroatoms. The van der Waals surface area contributed by atoms with Crippen LogP contribution in [0.3, 0.4) is 0 Å². The van der Waals surface area contributed by atoms with Gasteiger partial charge in [0.05, 0.1) is 12.8 Å². The topological polar surface area (TPSA) is 57.4 Å². The van der Waals surface area contributed by atoms with Gasteiger partial charge in [-0.05, 0) is 13.8 Å². The highest BCUT2D eigenvalue weighted by molar-refractivity contribution is 7.17. The van der Waals surface area contributed by atoms with E-state index in [4.69, 9.17) is 15.2 Å². The highest BCUT2D eigenvalue weighted by Gasteiger charge is 2.06. The van der Waals surface area contributed by atoms with Crippen LogP contribution >= 0.6 is 11.3 Å². The lowest BCUT2D eigenvalue weighted by Crippen LogP contribution is -2.18. The largest absolute Gasteiger partial charge is 0.465 e. The SMILES string of the molecule is CCOCC(C)Oc1ncc(N)s1. The van der Waals surface area contributed by atoms with Crippen LogP contribution in [0.2, 0.25) is 0 Å². The number of nitrogen functional groups attached to an aromatic ring is 1. The molecule has 1 atom stereocenters. The minimum absolute atomic E-state index is 0.0190. The van der Waals surface area contributed by atoms with Crippen molar-refractivity contribution in [3.63, 3.8) is 0 Å². The van der Waals surface area contributed by atoms with E-state index >= 15 is 0 Å². The van der Waals surface area contributed by atoms with E-state index < -0.39 is 0 Å². The maximum atomic E-state index is 5.50. The van der Waals surface area contributed by atoms with E-state index in [-0.39, 0.29) is 6.10 Å². The van der Waals surface area contributed by atoms with Crippen LogP contribution in [0.1, 0.15) is 13.8 Å². The Balaban J connectivity index is 2.31. The summed E-state index contributed by atoms with van der Waals surface area (Å²) in [6.45, 7) is 5.17. The zero-order valence-corrected chi connectivity index (χ0v) is 8.63. The molecule has 1 heterocycles.